The molecule has 0 aliphatic heterocycles. The molecule has 1 rings (SSSR count). The Labute approximate surface area is 112 Å². The topological polar surface area (TPSA) is 35.2 Å². The first-order valence-electron chi connectivity index (χ1n) is 6.74. The van der Waals surface area contributed by atoms with Crippen molar-refractivity contribution in [3.63, 3.8) is 0 Å². The maximum Gasteiger partial charge on any atom is 0.0588 e. The monoisotopic (exact) mass is 249 g/mol. The second-order valence-corrected chi connectivity index (χ2v) is 5.99. The number of ether oxygens (including phenoxy) is 1. The van der Waals surface area contributed by atoms with Gasteiger partial charge in [0, 0.05) is 6.54 Å². The average Bonchev–Trinajstić information content (AvgIpc) is 2.25. The van der Waals surface area contributed by atoms with E-state index < -0.39 is 0 Å². The van der Waals surface area contributed by atoms with Gasteiger partial charge in [-0.05, 0) is 47.9 Å². The van der Waals surface area contributed by atoms with Crippen molar-refractivity contribution in [2.45, 2.75) is 46.5 Å². The zero-order valence-electron chi connectivity index (χ0n) is 12.5. The van der Waals surface area contributed by atoms with Crippen LogP contribution in [-0.2, 0) is 16.6 Å². The molecular weight excluding hydrogens is 222 g/mol. The molecule has 0 aliphatic rings. The standard InChI is InChI=1S/C16H27NO/c1-12-10-14(16(3,4)5)11-13(2)15(12)6-8-18-9-7-17/h10-11H,6-9,17H2,1-5H3. The third kappa shape index (κ3) is 4.11. The first-order valence-corrected chi connectivity index (χ1v) is 6.74. The molecule has 1 aromatic rings. The minimum absolute atomic E-state index is 0.212. The van der Waals surface area contributed by atoms with E-state index in [1.165, 1.54) is 22.3 Å². The lowest BCUT2D eigenvalue weighted by atomic mass is 9.83. The van der Waals surface area contributed by atoms with Gasteiger partial charge in [-0.3, -0.25) is 0 Å². The quantitative estimate of drug-likeness (QED) is 0.814. The fourth-order valence-electron chi connectivity index (χ4n) is 2.18. The minimum Gasteiger partial charge on any atom is -0.380 e. The van der Waals surface area contributed by atoms with E-state index in [4.69, 9.17) is 10.5 Å². The van der Waals surface area contributed by atoms with Crippen LogP contribution in [0.1, 0.15) is 43.0 Å². The maximum atomic E-state index is 5.47. The molecule has 1 aromatic carbocycles. The summed E-state index contributed by atoms with van der Waals surface area (Å²) in [6.45, 7) is 13.2. The van der Waals surface area contributed by atoms with Crippen molar-refractivity contribution in [2.24, 2.45) is 5.73 Å². The fraction of sp³-hybridized carbons (Fsp3) is 0.625. The van der Waals surface area contributed by atoms with Gasteiger partial charge in [0.2, 0.25) is 0 Å². The van der Waals surface area contributed by atoms with Crippen LogP contribution in [0.25, 0.3) is 0 Å². The minimum atomic E-state index is 0.212. The van der Waals surface area contributed by atoms with Crippen molar-refractivity contribution in [1.29, 1.82) is 0 Å². The Hall–Kier alpha value is -0.860. The van der Waals surface area contributed by atoms with Gasteiger partial charge in [-0.1, -0.05) is 32.9 Å². The fourth-order valence-corrected chi connectivity index (χ4v) is 2.18. The molecule has 0 atom stereocenters. The predicted molar refractivity (Wildman–Crippen MR) is 78.2 cm³/mol. The molecule has 0 unspecified atom stereocenters. The van der Waals surface area contributed by atoms with Crippen LogP contribution in [0, 0.1) is 13.8 Å². The molecule has 0 bridgehead atoms. The Morgan fingerprint density at radius 1 is 1.06 bits per heavy atom. The van der Waals surface area contributed by atoms with E-state index in [-0.39, 0.29) is 5.41 Å². The summed E-state index contributed by atoms with van der Waals surface area (Å²) in [6, 6.07) is 4.62. The lowest BCUT2D eigenvalue weighted by Gasteiger charge is -2.22. The first-order chi connectivity index (χ1) is 8.36. The summed E-state index contributed by atoms with van der Waals surface area (Å²) in [4.78, 5) is 0. The molecule has 2 heteroatoms. The van der Waals surface area contributed by atoms with Crippen molar-refractivity contribution in [2.75, 3.05) is 19.8 Å². The lowest BCUT2D eigenvalue weighted by Crippen LogP contribution is -2.14. The van der Waals surface area contributed by atoms with Gasteiger partial charge in [-0.15, -0.1) is 0 Å². The zero-order valence-corrected chi connectivity index (χ0v) is 12.5. The van der Waals surface area contributed by atoms with Gasteiger partial charge in [0.15, 0.2) is 0 Å². The van der Waals surface area contributed by atoms with Crippen LogP contribution >= 0.6 is 0 Å². The van der Waals surface area contributed by atoms with Gasteiger partial charge in [0.25, 0.3) is 0 Å². The molecule has 0 saturated heterocycles. The molecule has 2 nitrogen and oxygen atoms in total. The van der Waals surface area contributed by atoms with Crippen molar-refractivity contribution >= 4 is 0 Å². The van der Waals surface area contributed by atoms with Gasteiger partial charge < -0.3 is 10.5 Å². The van der Waals surface area contributed by atoms with Gasteiger partial charge >= 0.3 is 0 Å². The van der Waals surface area contributed by atoms with E-state index >= 15 is 0 Å². The third-order valence-electron chi connectivity index (χ3n) is 3.32. The highest BCUT2D eigenvalue weighted by molar-refractivity contribution is 5.40. The normalized spacial score (nSPS) is 11.9. The zero-order chi connectivity index (χ0) is 13.8. The lowest BCUT2D eigenvalue weighted by molar-refractivity contribution is 0.144. The van der Waals surface area contributed by atoms with Crippen LogP contribution in [0.2, 0.25) is 0 Å². The number of rotatable bonds is 5. The van der Waals surface area contributed by atoms with Crippen LogP contribution in [-0.4, -0.2) is 19.8 Å². The Morgan fingerprint density at radius 3 is 2.06 bits per heavy atom. The van der Waals surface area contributed by atoms with Crippen LogP contribution in [0.3, 0.4) is 0 Å². The van der Waals surface area contributed by atoms with Gasteiger partial charge in [-0.25, -0.2) is 0 Å². The summed E-state index contributed by atoms with van der Waals surface area (Å²) in [6.07, 6.45) is 0.974. The number of aryl methyl sites for hydroxylation is 2. The van der Waals surface area contributed by atoms with E-state index in [1.54, 1.807) is 0 Å². The summed E-state index contributed by atoms with van der Waals surface area (Å²) in [5, 5.41) is 0. The third-order valence-corrected chi connectivity index (χ3v) is 3.32. The van der Waals surface area contributed by atoms with E-state index in [0.717, 1.165) is 13.0 Å². The molecule has 102 valence electrons. The number of hydrogen-bond acceptors (Lipinski definition) is 2. The molecule has 0 aromatic heterocycles. The van der Waals surface area contributed by atoms with Crippen molar-refractivity contribution in [3.05, 3.63) is 34.4 Å². The Balaban J connectivity index is 2.82. The maximum absolute atomic E-state index is 5.47. The summed E-state index contributed by atoms with van der Waals surface area (Å²) < 4.78 is 5.47. The first kappa shape index (κ1) is 15.2. The molecule has 2 N–H and O–H groups in total. The van der Waals surface area contributed by atoms with Crippen molar-refractivity contribution in [1.82, 2.24) is 0 Å². The molecule has 0 heterocycles. The molecule has 18 heavy (non-hydrogen) atoms. The van der Waals surface area contributed by atoms with E-state index in [1.807, 2.05) is 0 Å². The van der Waals surface area contributed by atoms with E-state index in [2.05, 4.69) is 46.8 Å². The highest BCUT2D eigenvalue weighted by Crippen LogP contribution is 2.27. The molecule has 0 spiro atoms. The van der Waals surface area contributed by atoms with Gasteiger partial charge in [0.05, 0.1) is 13.2 Å². The van der Waals surface area contributed by atoms with Gasteiger partial charge in [0.1, 0.15) is 0 Å². The highest BCUT2D eigenvalue weighted by Gasteiger charge is 2.16. The van der Waals surface area contributed by atoms with Crippen LogP contribution in [0.5, 0.6) is 0 Å². The van der Waals surface area contributed by atoms with Crippen LogP contribution < -0.4 is 5.73 Å². The molecule has 0 aliphatic carbocycles. The Bertz CT molecular complexity index is 368. The second-order valence-electron chi connectivity index (χ2n) is 5.99. The van der Waals surface area contributed by atoms with E-state index in [9.17, 15) is 0 Å². The highest BCUT2D eigenvalue weighted by atomic mass is 16.5. The Morgan fingerprint density at radius 2 is 1.61 bits per heavy atom. The van der Waals surface area contributed by atoms with Crippen molar-refractivity contribution in [3.8, 4) is 0 Å². The molecular formula is C16H27NO. The number of benzene rings is 1. The number of hydrogen-bond donors (Lipinski definition) is 1. The summed E-state index contributed by atoms with van der Waals surface area (Å²) >= 11 is 0. The number of nitrogens with two attached hydrogens (primary N) is 1. The summed E-state index contributed by atoms with van der Waals surface area (Å²) in [7, 11) is 0. The molecule has 0 saturated carbocycles. The molecule has 0 radical (unpaired) electrons. The predicted octanol–water partition coefficient (Wildman–Crippen LogP) is 3.12. The van der Waals surface area contributed by atoms with Gasteiger partial charge in [-0.2, -0.15) is 0 Å². The molecule has 0 fully saturated rings. The smallest absolute Gasteiger partial charge is 0.0588 e. The van der Waals surface area contributed by atoms with Crippen LogP contribution in [0.15, 0.2) is 12.1 Å². The van der Waals surface area contributed by atoms with E-state index in [0.29, 0.717) is 13.2 Å². The summed E-state index contributed by atoms with van der Waals surface area (Å²) in [5.41, 5.74) is 11.2. The Kier molecular flexibility index (Phi) is 5.36. The van der Waals surface area contributed by atoms with Crippen molar-refractivity contribution < 1.29 is 4.74 Å². The SMILES string of the molecule is Cc1cc(C(C)(C)C)cc(C)c1CCOCCN. The summed E-state index contributed by atoms with van der Waals surface area (Å²) in [5.74, 6) is 0. The molecule has 0 amide bonds. The van der Waals surface area contributed by atoms with Crippen LogP contribution in [0.4, 0.5) is 0 Å². The second kappa shape index (κ2) is 6.35. The largest absolute Gasteiger partial charge is 0.380 e. The average molecular weight is 249 g/mol.